The molecule has 2 aromatic rings. The van der Waals surface area contributed by atoms with Crippen LogP contribution in [0.3, 0.4) is 0 Å². The molecule has 1 aliphatic heterocycles. The Hall–Kier alpha value is -2.82. The molecule has 5 nitrogen and oxygen atoms in total. The maximum atomic E-state index is 12.3. The standard InChI is InChI=1S/C20H22N2O3/c1-2-25-18-12-6-15(7-13-18)20(24)21-16-8-10-17(11-9-16)22-14-4-3-5-19(22)23/h6-13H,2-5,14H2,1H3,(H,21,24). The van der Waals surface area contributed by atoms with E-state index < -0.39 is 0 Å². The minimum Gasteiger partial charge on any atom is -0.494 e. The van der Waals surface area contributed by atoms with Gasteiger partial charge in [-0.15, -0.1) is 0 Å². The fourth-order valence-electron chi connectivity index (χ4n) is 2.88. The van der Waals surface area contributed by atoms with Gasteiger partial charge in [0.15, 0.2) is 0 Å². The summed E-state index contributed by atoms with van der Waals surface area (Å²) in [6, 6.07) is 14.4. The first-order chi connectivity index (χ1) is 12.2. The van der Waals surface area contributed by atoms with E-state index in [1.807, 2.05) is 36.1 Å². The summed E-state index contributed by atoms with van der Waals surface area (Å²) in [7, 11) is 0. The number of ether oxygens (including phenoxy) is 1. The molecule has 25 heavy (non-hydrogen) atoms. The number of anilines is 2. The average molecular weight is 338 g/mol. The molecule has 1 saturated heterocycles. The number of piperidine rings is 1. The summed E-state index contributed by atoms with van der Waals surface area (Å²) in [5, 5.41) is 2.87. The highest BCUT2D eigenvalue weighted by molar-refractivity contribution is 6.04. The molecule has 0 unspecified atom stereocenters. The fourth-order valence-corrected chi connectivity index (χ4v) is 2.88. The van der Waals surface area contributed by atoms with Crippen molar-refractivity contribution in [2.75, 3.05) is 23.4 Å². The minimum absolute atomic E-state index is 0.164. The number of hydrogen-bond acceptors (Lipinski definition) is 3. The van der Waals surface area contributed by atoms with Gasteiger partial charge < -0.3 is 15.0 Å². The van der Waals surface area contributed by atoms with Gasteiger partial charge in [-0.25, -0.2) is 0 Å². The van der Waals surface area contributed by atoms with Crippen LogP contribution in [-0.2, 0) is 4.79 Å². The minimum atomic E-state index is -0.176. The zero-order valence-electron chi connectivity index (χ0n) is 14.3. The van der Waals surface area contributed by atoms with Crippen molar-refractivity contribution >= 4 is 23.2 Å². The molecule has 0 aromatic heterocycles. The maximum Gasteiger partial charge on any atom is 0.255 e. The Morgan fingerprint density at radius 3 is 2.44 bits per heavy atom. The number of nitrogens with one attached hydrogen (secondary N) is 1. The Bertz CT molecular complexity index is 739. The van der Waals surface area contributed by atoms with Crippen molar-refractivity contribution in [3.8, 4) is 5.75 Å². The smallest absolute Gasteiger partial charge is 0.255 e. The van der Waals surface area contributed by atoms with Crippen molar-refractivity contribution in [1.29, 1.82) is 0 Å². The molecule has 0 radical (unpaired) electrons. The van der Waals surface area contributed by atoms with E-state index in [2.05, 4.69) is 5.32 Å². The van der Waals surface area contributed by atoms with Gasteiger partial charge in [0.2, 0.25) is 5.91 Å². The lowest BCUT2D eigenvalue weighted by Gasteiger charge is -2.26. The largest absolute Gasteiger partial charge is 0.494 e. The van der Waals surface area contributed by atoms with Crippen molar-refractivity contribution in [1.82, 2.24) is 0 Å². The number of hydrogen-bond donors (Lipinski definition) is 1. The Morgan fingerprint density at radius 2 is 1.80 bits per heavy atom. The van der Waals surface area contributed by atoms with Crippen LogP contribution in [0.5, 0.6) is 5.75 Å². The van der Waals surface area contributed by atoms with Gasteiger partial charge in [-0.1, -0.05) is 0 Å². The Kier molecular flexibility index (Phi) is 5.33. The molecule has 3 rings (SSSR count). The highest BCUT2D eigenvalue weighted by atomic mass is 16.5. The topological polar surface area (TPSA) is 58.6 Å². The first-order valence-electron chi connectivity index (χ1n) is 8.62. The van der Waals surface area contributed by atoms with Crippen LogP contribution in [0, 0.1) is 0 Å². The molecular weight excluding hydrogens is 316 g/mol. The van der Waals surface area contributed by atoms with Gasteiger partial charge in [0.05, 0.1) is 6.61 Å². The summed E-state index contributed by atoms with van der Waals surface area (Å²) >= 11 is 0. The highest BCUT2D eigenvalue weighted by Crippen LogP contribution is 2.23. The molecule has 1 fully saturated rings. The second-order valence-electron chi connectivity index (χ2n) is 5.96. The summed E-state index contributed by atoms with van der Waals surface area (Å²) < 4.78 is 5.37. The van der Waals surface area contributed by atoms with Crippen molar-refractivity contribution in [2.45, 2.75) is 26.2 Å². The van der Waals surface area contributed by atoms with Crippen molar-refractivity contribution in [2.24, 2.45) is 0 Å². The third kappa shape index (κ3) is 4.18. The van der Waals surface area contributed by atoms with Gasteiger partial charge in [-0.05, 0) is 68.3 Å². The lowest BCUT2D eigenvalue weighted by Crippen LogP contribution is -2.35. The van der Waals surface area contributed by atoms with Crippen molar-refractivity contribution in [3.05, 3.63) is 54.1 Å². The SMILES string of the molecule is CCOc1ccc(C(=O)Nc2ccc(N3CCCCC3=O)cc2)cc1. The van der Waals surface area contributed by atoms with Gasteiger partial charge in [-0.2, -0.15) is 0 Å². The molecule has 0 spiro atoms. The van der Waals surface area contributed by atoms with Crippen molar-refractivity contribution < 1.29 is 14.3 Å². The lowest BCUT2D eigenvalue weighted by atomic mass is 10.1. The molecule has 0 bridgehead atoms. The maximum absolute atomic E-state index is 12.3. The van der Waals surface area contributed by atoms with Crippen LogP contribution in [0.15, 0.2) is 48.5 Å². The zero-order valence-corrected chi connectivity index (χ0v) is 14.3. The molecular formula is C20H22N2O3. The number of carbonyl (C=O) groups is 2. The molecule has 0 atom stereocenters. The van der Waals surface area contributed by atoms with Crippen LogP contribution in [0.1, 0.15) is 36.5 Å². The number of amides is 2. The molecule has 2 amide bonds. The van der Waals surface area contributed by atoms with Crippen LogP contribution < -0.4 is 15.0 Å². The van der Waals surface area contributed by atoms with Crippen LogP contribution in [0.25, 0.3) is 0 Å². The second-order valence-corrected chi connectivity index (χ2v) is 5.96. The number of benzene rings is 2. The molecule has 0 aliphatic carbocycles. The van der Waals surface area contributed by atoms with E-state index >= 15 is 0 Å². The molecule has 1 N–H and O–H groups in total. The summed E-state index contributed by atoms with van der Waals surface area (Å²) in [6.45, 7) is 3.27. The summed E-state index contributed by atoms with van der Waals surface area (Å²) in [5.41, 5.74) is 2.15. The van der Waals surface area contributed by atoms with E-state index in [0.29, 0.717) is 24.3 Å². The molecule has 1 aliphatic rings. The molecule has 5 heteroatoms. The Balaban J connectivity index is 1.64. The van der Waals surface area contributed by atoms with E-state index in [1.54, 1.807) is 24.3 Å². The molecule has 0 saturated carbocycles. The third-order valence-electron chi connectivity index (χ3n) is 4.19. The number of carbonyl (C=O) groups excluding carboxylic acids is 2. The molecule has 2 aromatic carbocycles. The van der Waals surface area contributed by atoms with Gasteiger partial charge in [0.1, 0.15) is 5.75 Å². The predicted molar refractivity (Wildman–Crippen MR) is 98.2 cm³/mol. The summed E-state index contributed by atoms with van der Waals surface area (Å²) in [6.07, 6.45) is 2.60. The van der Waals surface area contributed by atoms with Crippen LogP contribution in [0.4, 0.5) is 11.4 Å². The first-order valence-corrected chi connectivity index (χ1v) is 8.62. The van der Waals surface area contributed by atoms with E-state index in [9.17, 15) is 9.59 Å². The van der Waals surface area contributed by atoms with Crippen LogP contribution >= 0.6 is 0 Å². The van der Waals surface area contributed by atoms with E-state index in [0.717, 1.165) is 30.8 Å². The fraction of sp³-hybridized carbons (Fsp3) is 0.300. The van der Waals surface area contributed by atoms with Crippen LogP contribution in [0.2, 0.25) is 0 Å². The van der Waals surface area contributed by atoms with Crippen LogP contribution in [-0.4, -0.2) is 25.0 Å². The van der Waals surface area contributed by atoms with Gasteiger partial charge >= 0.3 is 0 Å². The van der Waals surface area contributed by atoms with Gasteiger partial charge in [0, 0.05) is 29.9 Å². The quantitative estimate of drug-likeness (QED) is 0.901. The molecule has 1 heterocycles. The monoisotopic (exact) mass is 338 g/mol. The lowest BCUT2D eigenvalue weighted by molar-refractivity contribution is -0.119. The predicted octanol–water partition coefficient (Wildman–Crippen LogP) is 3.85. The van der Waals surface area contributed by atoms with Gasteiger partial charge in [-0.3, -0.25) is 9.59 Å². The first kappa shape index (κ1) is 17.0. The van der Waals surface area contributed by atoms with Gasteiger partial charge in [0.25, 0.3) is 5.91 Å². The van der Waals surface area contributed by atoms with E-state index in [4.69, 9.17) is 4.74 Å². The Labute approximate surface area is 147 Å². The highest BCUT2D eigenvalue weighted by Gasteiger charge is 2.19. The van der Waals surface area contributed by atoms with E-state index in [-0.39, 0.29) is 11.8 Å². The zero-order chi connectivity index (χ0) is 17.6. The third-order valence-corrected chi connectivity index (χ3v) is 4.19. The normalized spacial score (nSPS) is 14.3. The summed E-state index contributed by atoms with van der Waals surface area (Å²) in [4.78, 5) is 26.1. The molecule has 130 valence electrons. The second kappa shape index (κ2) is 7.83. The van der Waals surface area contributed by atoms with Crippen molar-refractivity contribution in [3.63, 3.8) is 0 Å². The average Bonchev–Trinajstić information content (AvgIpc) is 2.64. The summed E-state index contributed by atoms with van der Waals surface area (Å²) in [5.74, 6) is 0.733. The van der Waals surface area contributed by atoms with E-state index in [1.165, 1.54) is 0 Å². The Morgan fingerprint density at radius 1 is 1.08 bits per heavy atom. The number of nitrogens with zero attached hydrogens (tertiary/aromatic N) is 1. The number of rotatable bonds is 5.